The molecule has 0 aliphatic heterocycles. The standard InChI is InChI=1S/C21H21N3O3S/c1-26-20-12-16(9-10-19(20)27-15-18-8-5-11-28-18)13-23-24-21(25)14-22-17-6-3-2-4-7-17/h2-13,22H,14-15H2,1H3,(H,24,25)/b23-13-. The molecule has 6 nitrogen and oxygen atoms in total. The summed E-state index contributed by atoms with van der Waals surface area (Å²) in [5.41, 5.74) is 4.16. The summed E-state index contributed by atoms with van der Waals surface area (Å²) in [6, 6.07) is 19.0. The minimum absolute atomic E-state index is 0.139. The molecule has 0 unspecified atom stereocenters. The maximum absolute atomic E-state index is 11.9. The van der Waals surface area contributed by atoms with Crippen molar-refractivity contribution < 1.29 is 14.3 Å². The van der Waals surface area contributed by atoms with Crippen LogP contribution in [0.15, 0.2) is 71.1 Å². The highest BCUT2D eigenvalue weighted by Gasteiger charge is 2.06. The molecule has 0 saturated carbocycles. The van der Waals surface area contributed by atoms with Crippen molar-refractivity contribution in [3.8, 4) is 11.5 Å². The van der Waals surface area contributed by atoms with E-state index in [0.29, 0.717) is 18.1 Å². The quantitative estimate of drug-likeness (QED) is 0.426. The van der Waals surface area contributed by atoms with E-state index in [1.165, 1.54) is 0 Å². The fraction of sp³-hybridized carbons (Fsp3) is 0.143. The van der Waals surface area contributed by atoms with E-state index in [9.17, 15) is 4.79 Å². The zero-order valence-corrected chi connectivity index (χ0v) is 16.2. The number of nitrogens with one attached hydrogen (secondary N) is 2. The van der Waals surface area contributed by atoms with Crippen molar-refractivity contribution in [1.29, 1.82) is 0 Å². The number of carbonyl (C=O) groups excluding carboxylic acids is 1. The predicted octanol–water partition coefficient (Wildman–Crippen LogP) is 3.90. The summed E-state index contributed by atoms with van der Waals surface area (Å²) in [6.07, 6.45) is 1.56. The van der Waals surface area contributed by atoms with Crippen molar-refractivity contribution >= 4 is 29.1 Å². The molecule has 2 N–H and O–H groups in total. The smallest absolute Gasteiger partial charge is 0.259 e. The Labute approximate surface area is 167 Å². The van der Waals surface area contributed by atoms with Crippen molar-refractivity contribution in [3.63, 3.8) is 0 Å². The summed E-state index contributed by atoms with van der Waals surface area (Å²) < 4.78 is 11.2. The number of rotatable bonds is 9. The average Bonchev–Trinajstić information content (AvgIpc) is 3.25. The molecule has 0 atom stereocenters. The van der Waals surface area contributed by atoms with E-state index in [1.807, 2.05) is 66.0 Å². The number of carbonyl (C=O) groups is 1. The van der Waals surface area contributed by atoms with Crippen LogP contribution < -0.4 is 20.2 Å². The molecule has 0 saturated heterocycles. The van der Waals surface area contributed by atoms with Gasteiger partial charge in [-0.25, -0.2) is 5.43 Å². The number of hydrazone groups is 1. The molecule has 0 aliphatic carbocycles. The number of hydrogen-bond acceptors (Lipinski definition) is 6. The van der Waals surface area contributed by atoms with E-state index in [0.717, 1.165) is 16.1 Å². The number of para-hydroxylation sites is 1. The number of nitrogens with zero attached hydrogens (tertiary/aromatic N) is 1. The predicted molar refractivity (Wildman–Crippen MR) is 112 cm³/mol. The molecule has 0 bridgehead atoms. The SMILES string of the molecule is COc1cc(/C=N\NC(=O)CNc2ccccc2)ccc1OCc1cccs1. The topological polar surface area (TPSA) is 72.0 Å². The molecule has 0 radical (unpaired) electrons. The molecule has 0 fully saturated rings. The number of ether oxygens (including phenoxy) is 2. The average molecular weight is 395 g/mol. The molecule has 144 valence electrons. The summed E-state index contributed by atoms with van der Waals surface area (Å²) >= 11 is 1.64. The van der Waals surface area contributed by atoms with Gasteiger partial charge >= 0.3 is 0 Å². The molecular weight excluding hydrogens is 374 g/mol. The fourth-order valence-electron chi connectivity index (χ4n) is 2.38. The van der Waals surface area contributed by atoms with Crippen LogP contribution in [0.3, 0.4) is 0 Å². The number of thiophene rings is 1. The molecule has 1 amide bonds. The van der Waals surface area contributed by atoms with Gasteiger partial charge in [-0.15, -0.1) is 11.3 Å². The summed E-state index contributed by atoms with van der Waals surface area (Å²) in [6.45, 7) is 0.631. The Kier molecular flexibility index (Phi) is 7.03. The summed E-state index contributed by atoms with van der Waals surface area (Å²) in [4.78, 5) is 13.0. The van der Waals surface area contributed by atoms with E-state index >= 15 is 0 Å². The highest BCUT2D eigenvalue weighted by Crippen LogP contribution is 2.28. The van der Waals surface area contributed by atoms with Crippen molar-refractivity contribution in [3.05, 3.63) is 76.5 Å². The lowest BCUT2D eigenvalue weighted by molar-refractivity contribution is -0.119. The van der Waals surface area contributed by atoms with Gasteiger partial charge in [-0.2, -0.15) is 5.10 Å². The summed E-state index contributed by atoms with van der Waals surface area (Å²) in [5.74, 6) is 1.03. The second-order valence-electron chi connectivity index (χ2n) is 5.79. The van der Waals surface area contributed by atoms with E-state index in [2.05, 4.69) is 15.8 Å². The maximum Gasteiger partial charge on any atom is 0.259 e. The monoisotopic (exact) mass is 395 g/mol. The first-order valence-electron chi connectivity index (χ1n) is 8.68. The molecule has 28 heavy (non-hydrogen) atoms. The first-order chi connectivity index (χ1) is 13.7. The highest BCUT2D eigenvalue weighted by atomic mass is 32.1. The Balaban J connectivity index is 1.51. The van der Waals surface area contributed by atoms with Crippen LogP contribution in [0.2, 0.25) is 0 Å². The lowest BCUT2D eigenvalue weighted by Crippen LogP contribution is -2.25. The van der Waals surface area contributed by atoms with Gasteiger partial charge < -0.3 is 14.8 Å². The maximum atomic E-state index is 11.9. The van der Waals surface area contributed by atoms with Crippen LogP contribution in [0.25, 0.3) is 0 Å². The second kappa shape index (κ2) is 10.1. The molecule has 2 aromatic carbocycles. The number of amides is 1. The number of methoxy groups -OCH3 is 1. The van der Waals surface area contributed by atoms with Crippen LogP contribution in [0.5, 0.6) is 11.5 Å². The van der Waals surface area contributed by atoms with Crippen molar-refractivity contribution in [2.75, 3.05) is 19.0 Å². The van der Waals surface area contributed by atoms with Crippen molar-refractivity contribution in [2.24, 2.45) is 5.10 Å². The molecular formula is C21H21N3O3S. The van der Waals surface area contributed by atoms with Gasteiger partial charge in [-0.05, 0) is 47.3 Å². The largest absolute Gasteiger partial charge is 0.493 e. The Morgan fingerprint density at radius 3 is 2.71 bits per heavy atom. The van der Waals surface area contributed by atoms with Gasteiger partial charge in [0.1, 0.15) is 6.61 Å². The van der Waals surface area contributed by atoms with Crippen LogP contribution >= 0.6 is 11.3 Å². The molecule has 3 rings (SSSR count). The lowest BCUT2D eigenvalue weighted by atomic mass is 10.2. The van der Waals surface area contributed by atoms with Gasteiger partial charge in [0, 0.05) is 10.6 Å². The third kappa shape index (κ3) is 5.85. The normalized spacial score (nSPS) is 10.6. The van der Waals surface area contributed by atoms with Gasteiger partial charge in [-0.1, -0.05) is 24.3 Å². The van der Waals surface area contributed by atoms with Gasteiger partial charge in [0.15, 0.2) is 11.5 Å². The first kappa shape index (κ1) is 19.4. The van der Waals surface area contributed by atoms with E-state index in [4.69, 9.17) is 9.47 Å². The molecule has 7 heteroatoms. The van der Waals surface area contributed by atoms with Gasteiger partial charge in [0.05, 0.1) is 19.9 Å². The van der Waals surface area contributed by atoms with Crippen LogP contribution in [0.4, 0.5) is 5.69 Å². The Hall–Kier alpha value is -3.32. The van der Waals surface area contributed by atoms with E-state index < -0.39 is 0 Å². The van der Waals surface area contributed by atoms with Crippen LogP contribution in [0.1, 0.15) is 10.4 Å². The third-order valence-electron chi connectivity index (χ3n) is 3.77. The minimum Gasteiger partial charge on any atom is -0.493 e. The zero-order chi connectivity index (χ0) is 19.6. The summed E-state index contributed by atoms with van der Waals surface area (Å²) in [7, 11) is 1.59. The van der Waals surface area contributed by atoms with Crippen LogP contribution in [-0.2, 0) is 11.4 Å². The Morgan fingerprint density at radius 2 is 1.96 bits per heavy atom. The van der Waals surface area contributed by atoms with Gasteiger partial charge in [-0.3, -0.25) is 4.79 Å². The molecule has 1 heterocycles. The highest BCUT2D eigenvalue weighted by molar-refractivity contribution is 7.09. The first-order valence-corrected chi connectivity index (χ1v) is 9.56. The van der Waals surface area contributed by atoms with Crippen LogP contribution in [0, 0.1) is 0 Å². The van der Waals surface area contributed by atoms with Gasteiger partial charge in [0.25, 0.3) is 5.91 Å². The van der Waals surface area contributed by atoms with Gasteiger partial charge in [0.2, 0.25) is 0 Å². The molecule has 0 spiro atoms. The molecule has 3 aromatic rings. The molecule has 0 aliphatic rings. The number of hydrogen-bond donors (Lipinski definition) is 2. The lowest BCUT2D eigenvalue weighted by Gasteiger charge is -2.10. The molecule has 1 aromatic heterocycles. The third-order valence-corrected chi connectivity index (χ3v) is 4.62. The Bertz CT molecular complexity index is 912. The second-order valence-corrected chi connectivity index (χ2v) is 6.82. The van der Waals surface area contributed by atoms with E-state index in [-0.39, 0.29) is 12.5 Å². The Morgan fingerprint density at radius 1 is 1.11 bits per heavy atom. The number of anilines is 1. The van der Waals surface area contributed by atoms with E-state index in [1.54, 1.807) is 24.7 Å². The zero-order valence-electron chi connectivity index (χ0n) is 15.4. The minimum atomic E-state index is -0.233. The number of benzene rings is 2. The van der Waals surface area contributed by atoms with Crippen molar-refractivity contribution in [1.82, 2.24) is 5.43 Å². The summed E-state index contributed by atoms with van der Waals surface area (Å²) in [5, 5.41) is 9.02. The fourth-order valence-corrected chi connectivity index (χ4v) is 3.00. The van der Waals surface area contributed by atoms with Crippen LogP contribution in [-0.4, -0.2) is 25.8 Å². The van der Waals surface area contributed by atoms with Crippen molar-refractivity contribution in [2.45, 2.75) is 6.61 Å².